The SMILES string of the molecule is CCC(C)NC(=NCCc1ccco1)NC1CCc2nc(C)nn2C1.I. The summed E-state index contributed by atoms with van der Waals surface area (Å²) in [5.41, 5.74) is 0. The molecule has 2 atom stereocenters. The molecule has 2 aromatic heterocycles. The highest BCUT2D eigenvalue weighted by atomic mass is 127. The summed E-state index contributed by atoms with van der Waals surface area (Å²) in [7, 11) is 0. The number of rotatable bonds is 6. The largest absolute Gasteiger partial charge is 0.469 e. The molecule has 8 heteroatoms. The molecule has 0 radical (unpaired) electrons. The van der Waals surface area contributed by atoms with Gasteiger partial charge in [0.15, 0.2) is 5.96 Å². The van der Waals surface area contributed by atoms with Gasteiger partial charge in [-0.3, -0.25) is 4.99 Å². The molecule has 0 amide bonds. The molecule has 0 saturated carbocycles. The lowest BCUT2D eigenvalue weighted by Gasteiger charge is -2.26. The smallest absolute Gasteiger partial charge is 0.191 e. The van der Waals surface area contributed by atoms with Crippen molar-refractivity contribution in [1.82, 2.24) is 25.4 Å². The van der Waals surface area contributed by atoms with Gasteiger partial charge >= 0.3 is 0 Å². The maximum absolute atomic E-state index is 5.38. The van der Waals surface area contributed by atoms with Crippen molar-refractivity contribution >= 4 is 29.9 Å². The van der Waals surface area contributed by atoms with E-state index < -0.39 is 0 Å². The molecule has 2 N–H and O–H groups in total. The molecule has 2 aromatic rings. The zero-order valence-corrected chi connectivity index (χ0v) is 18.1. The van der Waals surface area contributed by atoms with Crippen molar-refractivity contribution in [1.29, 1.82) is 0 Å². The summed E-state index contributed by atoms with van der Waals surface area (Å²) in [6.07, 6.45) is 5.54. The van der Waals surface area contributed by atoms with Crippen LogP contribution in [0.4, 0.5) is 0 Å². The lowest BCUT2D eigenvalue weighted by Crippen LogP contribution is -2.49. The lowest BCUT2D eigenvalue weighted by atomic mass is 10.1. The summed E-state index contributed by atoms with van der Waals surface area (Å²) in [6.45, 7) is 7.81. The van der Waals surface area contributed by atoms with E-state index in [1.807, 2.05) is 23.7 Å². The number of guanidine groups is 1. The Labute approximate surface area is 172 Å². The molecule has 7 nitrogen and oxygen atoms in total. The van der Waals surface area contributed by atoms with Crippen LogP contribution in [-0.2, 0) is 19.4 Å². The van der Waals surface area contributed by atoms with Gasteiger partial charge < -0.3 is 15.1 Å². The van der Waals surface area contributed by atoms with Crippen LogP contribution in [0.2, 0.25) is 0 Å². The topological polar surface area (TPSA) is 80.3 Å². The summed E-state index contributed by atoms with van der Waals surface area (Å²) in [5, 5.41) is 11.5. The Kier molecular flexibility index (Phi) is 7.92. The molecular formula is C18H29IN6O. The number of fused-ring (bicyclic) bond motifs is 1. The number of hydrogen-bond acceptors (Lipinski definition) is 4. The van der Waals surface area contributed by atoms with Gasteiger partial charge in [-0.2, -0.15) is 5.10 Å². The van der Waals surface area contributed by atoms with Crippen molar-refractivity contribution in [2.24, 2.45) is 4.99 Å². The highest BCUT2D eigenvalue weighted by molar-refractivity contribution is 14.0. The Morgan fingerprint density at radius 1 is 1.50 bits per heavy atom. The third kappa shape index (κ3) is 5.72. The highest BCUT2D eigenvalue weighted by Gasteiger charge is 2.22. The zero-order valence-electron chi connectivity index (χ0n) is 15.7. The van der Waals surface area contributed by atoms with Crippen LogP contribution in [0, 0.1) is 6.92 Å². The van der Waals surface area contributed by atoms with Gasteiger partial charge in [0.05, 0.1) is 12.8 Å². The fourth-order valence-electron chi connectivity index (χ4n) is 2.95. The molecule has 2 unspecified atom stereocenters. The molecular weight excluding hydrogens is 443 g/mol. The molecule has 144 valence electrons. The Morgan fingerprint density at radius 2 is 2.35 bits per heavy atom. The van der Waals surface area contributed by atoms with Crippen LogP contribution in [0.1, 0.15) is 44.1 Å². The maximum Gasteiger partial charge on any atom is 0.191 e. The first-order valence-electron chi connectivity index (χ1n) is 9.14. The highest BCUT2D eigenvalue weighted by Crippen LogP contribution is 2.13. The molecule has 0 fully saturated rings. The van der Waals surface area contributed by atoms with Gasteiger partial charge in [-0.1, -0.05) is 6.92 Å². The number of aryl methyl sites for hydroxylation is 2. The second-order valence-corrected chi connectivity index (χ2v) is 6.65. The molecule has 1 aliphatic rings. The molecule has 3 rings (SSSR count). The number of nitrogens with zero attached hydrogens (tertiary/aromatic N) is 4. The minimum Gasteiger partial charge on any atom is -0.469 e. The van der Waals surface area contributed by atoms with Gasteiger partial charge in [-0.05, 0) is 38.8 Å². The van der Waals surface area contributed by atoms with Gasteiger partial charge in [-0.25, -0.2) is 9.67 Å². The molecule has 0 aromatic carbocycles. The van der Waals surface area contributed by atoms with E-state index in [0.717, 1.165) is 55.6 Å². The van der Waals surface area contributed by atoms with Crippen LogP contribution in [0.25, 0.3) is 0 Å². The van der Waals surface area contributed by atoms with Gasteiger partial charge in [0, 0.05) is 31.5 Å². The summed E-state index contributed by atoms with van der Waals surface area (Å²) in [5.74, 6) is 3.76. The number of furan rings is 1. The van der Waals surface area contributed by atoms with Gasteiger partial charge in [0.1, 0.15) is 17.4 Å². The minimum absolute atomic E-state index is 0. The van der Waals surface area contributed by atoms with Crippen molar-refractivity contribution in [2.45, 2.75) is 65.1 Å². The minimum atomic E-state index is 0. The zero-order chi connectivity index (χ0) is 17.6. The number of nitrogens with one attached hydrogen (secondary N) is 2. The van der Waals surface area contributed by atoms with E-state index in [9.17, 15) is 0 Å². The first-order chi connectivity index (χ1) is 12.1. The Balaban J connectivity index is 0.00000243. The van der Waals surface area contributed by atoms with Gasteiger partial charge in [-0.15, -0.1) is 24.0 Å². The second-order valence-electron chi connectivity index (χ2n) is 6.65. The fourth-order valence-corrected chi connectivity index (χ4v) is 2.95. The molecule has 0 spiro atoms. The number of aromatic nitrogens is 3. The van der Waals surface area contributed by atoms with Crippen LogP contribution in [0.3, 0.4) is 0 Å². The van der Waals surface area contributed by atoms with Crippen molar-refractivity contribution in [3.8, 4) is 0 Å². The molecule has 0 aliphatic carbocycles. The predicted octanol–water partition coefficient (Wildman–Crippen LogP) is 2.69. The monoisotopic (exact) mass is 472 g/mol. The van der Waals surface area contributed by atoms with Gasteiger partial charge in [0.2, 0.25) is 0 Å². The normalized spacial score (nSPS) is 18.0. The maximum atomic E-state index is 5.38. The van der Waals surface area contributed by atoms with E-state index in [-0.39, 0.29) is 24.0 Å². The van der Waals surface area contributed by atoms with E-state index in [0.29, 0.717) is 18.6 Å². The fraction of sp³-hybridized carbons (Fsp3) is 0.611. The van der Waals surface area contributed by atoms with Crippen molar-refractivity contribution < 1.29 is 4.42 Å². The first kappa shape index (κ1) is 20.7. The Morgan fingerprint density at radius 3 is 3.08 bits per heavy atom. The average molecular weight is 472 g/mol. The quantitative estimate of drug-likeness (QED) is 0.384. The first-order valence-corrected chi connectivity index (χ1v) is 9.14. The number of hydrogen-bond donors (Lipinski definition) is 2. The van der Waals surface area contributed by atoms with Crippen LogP contribution in [0.5, 0.6) is 0 Å². The van der Waals surface area contributed by atoms with Crippen molar-refractivity contribution in [3.05, 3.63) is 35.8 Å². The van der Waals surface area contributed by atoms with E-state index >= 15 is 0 Å². The third-order valence-corrected chi connectivity index (χ3v) is 4.51. The average Bonchev–Trinajstić information content (AvgIpc) is 3.22. The molecule has 0 saturated heterocycles. The van der Waals surface area contributed by atoms with E-state index in [2.05, 4.69) is 34.6 Å². The Bertz CT molecular complexity index is 697. The van der Waals surface area contributed by atoms with E-state index in [1.165, 1.54) is 0 Å². The summed E-state index contributed by atoms with van der Waals surface area (Å²) in [6, 6.07) is 4.59. The Hall–Kier alpha value is -1.58. The van der Waals surface area contributed by atoms with Crippen LogP contribution >= 0.6 is 24.0 Å². The second kappa shape index (κ2) is 9.94. The van der Waals surface area contributed by atoms with Crippen LogP contribution in [-0.4, -0.2) is 39.4 Å². The number of halogens is 1. The van der Waals surface area contributed by atoms with E-state index in [4.69, 9.17) is 9.41 Å². The molecule has 26 heavy (non-hydrogen) atoms. The summed E-state index contributed by atoms with van der Waals surface area (Å²) in [4.78, 5) is 9.20. The third-order valence-electron chi connectivity index (χ3n) is 4.51. The van der Waals surface area contributed by atoms with Crippen LogP contribution in [0.15, 0.2) is 27.8 Å². The molecule has 0 bridgehead atoms. The molecule has 3 heterocycles. The summed E-state index contributed by atoms with van der Waals surface area (Å²) < 4.78 is 7.39. The number of aliphatic imine (C=N–C) groups is 1. The predicted molar refractivity (Wildman–Crippen MR) is 113 cm³/mol. The van der Waals surface area contributed by atoms with Crippen molar-refractivity contribution in [2.75, 3.05) is 6.54 Å². The summed E-state index contributed by atoms with van der Waals surface area (Å²) >= 11 is 0. The van der Waals surface area contributed by atoms with E-state index in [1.54, 1.807) is 6.26 Å². The van der Waals surface area contributed by atoms with Gasteiger partial charge in [0.25, 0.3) is 0 Å². The van der Waals surface area contributed by atoms with Crippen molar-refractivity contribution in [3.63, 3.8) is 0 Å². The molecule has 1 aliphatic heterocycles. The standard InChI is InChI=1S/C18H28N6O.HI/c1-4-13(2)20-18(19-10-9-16-6-5-11-25-16)22-15-7-8-17-21-14(3)23-24(17)12-15;/h5-6,11,13,15H,4,7-10,12H2,1-3H3,(H2,19,20,22);1H. The lowest BCUT2D eigenvalue weighted by molar-refractivity contribution is 0.390. The van der Waals surface area contributed by atoms with Crippen LogP contribution < -0.4 is 10.6 Å².